The van der Waals surface area contributed by atoms with Crippen molar-refractivity contribution in [1.82, 2.24) is 39.4 Å². The zero-order valence-electron chi connectivity index (χ0n) is 16.1. The van der Waals surface area contributed by atoms with Crippen molar-refractivity contribution in [3.63, 3.8) is 0 Å². The summed E-state index contributed by atoms with van der Waals surface area (Å²) in [4.78, 5) is 22.8. The first-order chi connectivity index (χ1) is 14.1. The molecule has 0 aromatic carbocycles. The van der Waals surface area contributed by atoms with E-state index in [1.807, 2.05) is 35.3 Å². The number of anilines is 1. The number of aromatic nitrogens is 7. The number of halogens is 1. The van der Waals surface area contributed by atoms with E-state index in [-0.39, 0.29) is 6.04 Å². The normalized spacial score (nSPS) is 20.4. The van der Waals surface area contributed by atoms with Gasteiger partial charge in [-0.25, -0.2) is 19.9 Å². The molecule has 29 heavy (non-hydrogen) atoms. The van der Waals surface area contributed by atoms with Crippen LogP contribution in [0, 0.1) is 0 Å². The highest BCUT2D eigenvalue weighted by Crippen LogP contribution is 2.33. The van der Waals surface area contributed by atoms with Crippen LogP contribution in [0.3, 0.4) is 0 Å². The maximum absolute atomic E-state index is 4.91. The van der Waals surface area contributed by atoms with E-state index in [1.165, 1.54) is 0 Å². The summed E-state index contributed by atoms with van der Waals surface area (Å²) < 4.78 is 2.67. The van der Waals surface area contributed by atoms with Crippen LogP contribution < -0.4 is 4.90 Å². The van der Waals surface area contributed by atoms with Gasteiger partial charge < -0.3 is 4.90 Å². The number of imidazole rings is 1. The molecule has 5 rings (SSSR count). The smallest absolute Gasteiger partial charge is 0.180 e. The van der Waals surface area contributed by atoms with Crippen molar-refractivity contribution in [2.45, 2.75) is 19.0 Å². The standard InChI is InChI=1S/C19H20BrN9/c1-12-18(13-7-24-25-8-13)28(6-5-27(12)2)16-3-4-21-19(26-16)14-9-23-17-10-22-15(20)11-29(14)17/h3-4,7-12,18H,5-6H2,1-2H3,(H,24,25). The molecular formula is C19H20BrN9. The van der Waals surface area contributed by atoms with Crippen LogP contribution in [0.5, 0.6) is 0 Å². The number of nitrogens with zero attached hydrogens (tertiary/aromatic N) is 8. The van der Waals surface area contributed by atoms with Crippen LogP contribution in [-0.2, 0) is 0 Å². The first kappa shape index (κ1) is 18.2. The molecule has 5 heterocycles. The van der Waals surface area contributed by atoms with E-state index in [2.05, 4.69) is 64.9 Å². The van der Waals surface area contributed by atoms with Gasteiger partial charge in [0.05, 0.1) is 24.6 Å². The Balaban J connectivity index is 1.57. The van der Waals surface area contributed by atoms with Crippen molar-refractivity contribution in [1.29, 1.82) is 0 Å². The van der Waals surface area contributed by atoms with Gasteiger partial charge in [-0.3, -0.25) is 14.4 Å². The second-order valence-electron chi connectivity index (χ2n) is 7.21. The predicted octanol–water partition coefficient (Wildman–Crippen LogP) is 2.55. The van der Waals surface area contributed by atoms with Gasteiger partial charge in [-0.2, -0.15) is 5.10 Å². The van der Waals surface area contributed by atoms with Crippen LogP contribution in [0.4, 0.5) is 5.82 Å². The minimum absolute atomic E-state index is 0.149. The van der Waals surface area contributed by atoms with Gasteiger partial charge in [0, 0.05) is 43.3 Å². The Hall–Kier alpha value is -2.85. The summed E-state index contributed by atoms with van der Waals surface area (Å²) in [7, 11) is 2.16. The van der Waals surface area contributed by atoms with Crippen LogP contribution >= 0.6 is 15.9 Å². The largest absolute Gasteiger partial charge is 0.346 e. The molecule has 1 saturated heterocycles. The number of piperazine rings is 1. The van der Waals surface area contributed by atoms with Crippen molar-refractivity contribution in [2.24, 2.45) is 0 Å². The lowest BCUT2D eigenvalue weighted by Gasteiger charge is -2.45. The van der Waals surface area contributed by atoms with E-state index in [4.69, 9.17) is 4.98 Å². The molecule has 0 bridgehead atoms. The zero-order chi connectivity index (χ0) is 20.0. The van der Waals surface area contributed by atoms with E-state index in [0.29, 0.717) is 11.9 Å². The van der Waals surface area contributed by atoms with Crippen molar-refractivity contribution in [3.05, 3.63) is 53.4 Å². The molecule has 4 aromatic rings. The first-order valence-electron chi connectivity index (χ1n) is 9.39. The molecule has 2 unspecified atom stereocenters. The molecule has 1 aliphatic heterocycles. The third kappa shape index (κ3) is 3.18. The molecular weight excluding hydrogens is 434 g/mol. The van der Waals surface area contributed by atoms with Crippen LogP contribution in [-0.4, -0.2) is 65.6 Å². The molecule has 0 saturated carbocycles. The van der Waals surface area contributed by atoms with Crippen LogP contribution in [0.2, 0.25) is 0 Å². The monoisotopic (exact) mass is 453 g/mol. The fourth-order valence-electron chi connectivity index (χ4n) is 3.91. The maximum Gasteiger partial charge on any atom is 0.180 e. The fourth-order valence-corrected chi connectivity index (χ4v) is 4.22. The Bertz CT molecular complexity index is 1140. The molecule has 148 valence electrons. The van der Waals surface area contributed by atoms with Gasteiger partial charge >= 0.3 is 0 Å². The molecule has 4 aromatic heterocycles. The predicted molar refractivity (Wildman–Crippen MR) is 112 cm³/mol. The first-order valence-corrected chi connectivity index (χ1v) is 10.2. The van der Waals surface area contributed by atoms with Gasteiger partial charge in [0.25, 0.3) is 0 Å². The molecule has 2 atom stereocenters. The number of likely N-dealkylation sites (N-methyl/N-ethyl adjacent to an activating group) is 1. The van der Waals surface area contributed by atoms with E-state index in [1.54, 1.807) is 12.4 Å². The van der Waals surface area contributed by atoms with Gasteiger partial charge in [0.15, 0.2) is 11.5 Å². The molecule has 0 aliphatic carbocycles. The van der Waals surface area contributed by atoms with Gasteiger partial charge in [0.2, 0.25) is 0 Å². The van der Waals surface area contributed by atoms with Gasteiger partial charge in [-0.05, 0) is 36.0 Å². The number of fused-ring (bicyclic) bond motifs is 1. The summed E-state index contributed by atoms with van der Waals surface area (Å²) in [6.45, 7) is 4.07. The average Bonchev–Trinajstić information content (AvgIpc) is 3.39. The zero-order valence-corrected chi connectivity index (χ0v) is 17.7. The molecule has 1 fully saturated rings. The van der Waals surface area contributed by atoms with Crippen molar-refractivity contribution in [2.75, 3.05) is 25.0 Å². The SMILES string of the molecule is CC1C(c2cn[nH]c2)N(c2ccnc(-c3cnc4cnc(Br)cn34)n2)CCN1C. The third-order valence-electron chi connectivity index (χ3n) is 5.57. The minimum Gasteiger partial charge on any atom is -0.346 e. The fraction of sp³-hybridized carbons (Fsp3) is 0.316. The Morgan fingerprint density at radius 3 is 2.86 bits per heavy atom. The van der Waals surface area contributed by atoms with E-state index >= 15 is 0 Å². The lowest BCUT2D eigenvalue weighted by Crippen LogP contribution is -2.52. The Labute approximate surface area is 176 Å². The van der Waals surface area contributed by atoms with E-state index in [9.17, 15) is 0 Å². The van der Waals surface area contributed by atoms with Gasteiger partial charge in [0.1, 0.15) is 16.1 Å². The summed E-state index contributed by atoms with van der Waals surface area (Å²) in [6.07, 6.45) is 11.0. The summed E-state index contributed by atoms with van der Waals surface area (Å²) in [5.41, 5.74) is 2.72. The molecule has 9 nitrogen and oxygen atoms in total. The number of hydrogen-bond donors (Lipinski definition) is 1. The lowest BCUT2D eigenvalue weighted by atomic mass is 9.98. The minimum atomic E-state index is 0.149. The molecule has 1 N–H and O–H groups in total. The second kappa shape index (κ2) is 7.20. The Kier molecular flexibility index (Phi) is 4.51. The highest BCUT2D eigenvalue weighted by atomic mass is 79.9. The number of nitrogens with one attached hydrogen (secondary N) is 1. The number of rotatable bonds is 3. The number of hydrogen-bond acceptors (Lipinski definition) is 7. The number of aromatic amines is 1. The van der Waals surface area contributed by atoms with Crippen molar-refractivity contribution in [3.8, 4) is 11.5 Å². The molecule has 0 radical (unpaired) electrons. The summed E-state index contributed by atoms with van der Waals surface area (Å²) in [5.74, 6) is 1.52. The average molecular weight is 454 g/mol. The summed E-state index contributed by atoms with van der Waals surface area (Å²) in [5, 5.41) is 7.10. The Morgan fingerprint density at radius 1 is 1.14 bits per heavy atom. The molecule has 0 amide bonds. The van der Waals surface area contributed by atoms with Crippen LogP contribution in [0.25, 0.3) is 17.2 Å². The lowest BCUT2D eigenvalue weighted by molar-refractivity contribution is 0.188. The van der Waals surface area contributed by atoms with Crippen LogP contribution in [0.1, 0.15) is 18.5 Å². The van der Waals surface area contributed by atoms with E-state index in [0.717, 1.165) is 40.4 Å². The summed E-state index contributed by atoms with van der Waals surface area (Å²) in [6, 6.07) is 2.43. The molecule has 0 spiro atoms. The molecule has 1 aliphatic rings. The van der Waals surface area contributed by atoms with Gasteiger partial charge in [-0.1, -0.05) is 0 Å². The Morgan fingerprint density at radius 2 is 2.03 bits per heavy atom. The van der Waals surface area contributed by atoms with Crippen molar-refractivity contribution >= 4 is 27.4 Å². The molecule has 10 heteroatoms. The summed E-state index contributed by atoms with van der Waals surface area (Å²) >= 11 is 3.42. The van der Waals surface area contributed by atoms with Gasteiger partial charge in [-0.15, -0.1) is 0 Å². The topological polar surface area (TPSA) is 91.1 Å². The highest BCUT2D eigenvalue weighted by molar-refractivity contribution is 9.10. The third-order valence-corrected chi connectivity index (χ3v) is 5.98. The number of H-pyrrole nitrogens is 1. The van der Waals surface area contributed by atoms with Crippen molar-refractivity contribution < 1.29 is 0 Å². The van der Waals surface area contributed by atoms with E-state index < -0.39 is 0 Å². The highest BCUT2D eigenvalue weighted by Gasteiger charge is 2.34. The maximum atomic E-state index is 4.91. The second-order valence-corrected chi connectivity index (χ2v) is 8.02. The quantitative estimate of drug-likeness (QED) is 0.509. The van der Waals surface area contributed by atoms with Crippen LogP contribution in [0.15, 0.2) is 47.9 Å².